The summed E-state index contributed by atoms with van der Waals surface area (Å²) in [5.74, 6) is -1.54. The SMILES string of the molecule is CCN(CC)CCN(CC)C(=O)Oc1ccc(C(CNC(=O)CCSC2CC(=O)N(CCC(=O)NC)C2=O)OC(=O)NC(N)N)cc1OC.CCNCCN(CC)CC.CNC(=O)CCN1C(=O)CC(SCCC(=O)NCC(O)c2ccc(O)c(OC)c2)C1=O.NC(N)N. The lowest BCUT2D eigenvalue weighted by Crippen LogP contribution is -2.49. The molecule has 4 atom stereocenters. The highest BCUT2D eigenvalue weighted by molar-refractivity contribution is 8.00. The number of nitrogens with zero attached hydrogens (tertiary/aromatic N) is 5. The number of hydrogen-bond donors (Lipinski definition) is 13. The maximum Gasteiger partial charge on any atom is 0.415 e. The zero-order valence-corrected chi connectivity index (χ0v) is 57.7. The molecule has 10 amide bonds. The van der Waals surface area contributed by atoms with Gasteiger partial charge < -0.3 is 87.6 Å². The number of aliphatic hydroxyl groups is 1. The number of imide groups is 2. The van der Waals surface area contributed by atoms with Gasteiger partial charge in [-0.15, -0.1) is 23.5 Å². The fraction of sp³-hybridized carbons (Fsp3) is 0.633. The molecule has 0 aromatic heterocycles. The molecule has 2 aromatic carbocycles. The maximum atomic E-state index is 13.0. The molecule has 0 aliphatic carbocycles. The third-order valence-corrected chi connectivity index (χ3v) is 16.6. The zero-order valence-electron chi connectivity index (χ0n) is 56.0. The van der Waals surface area contributed by atoms with Crippen LogP contribution in [0.1, 0.15) is 103 Å². The van der Waals surface area contributed by atoms with E-state index < -0.39 is 53.4 Å². The first kappa shape index (κ1) is 84.9. The molecular weight excluding hydrogens is 1260 g/mol. The number of methoxy groups -OCH3 is 2. The standard InChI is InChI=1S/C31H50N8O9S.C20H27N3O7S.C8H20N2.CH7N3/c1-6-37(7-2)14-15-38(8-3)31(45)48-21-10-9-20(17-22(21)46-5)23(47-30(44)36-29(32)33)19-35-26(41)12-16-49-24-18-27(42)39(28(24)43)13-11-25(40)34-4;1-21-17(26)5-7-23-19(28)10-16(20(23)29)31-8-6-18(27)22-11-14(25)12-3-4-13(24)15(9-12)30-2;1-4-9-7-8-10(5-2)6-3;2-1(3)4/h9-10,17,23-24,29H,6-8,11-16,18-19,32-33H2,1-5H3,(H,34,40)(H,35,41)(H,36,44);3-4,9,14,16,24-25H,5-8,10-11H2,1-2H3,(H,21,26)(H,22,27);9H,4-8H2,1-3H3;1H,2-4H2. The number of ether oxygens (including phenoxy) is 4. The second-order valence-electron chi connectivity index (χ2n) is 20.7. The van der Waals surface area contributed by atoms with Gasteiger partial charge in [-0.05, 0) is 75.0 Å². The first-order valence-electron chi connectivity index (χ1n) is 31.2. The Labute approximate surface area is 560 Å². The minimum Gasteiger partial charge on any atom is -0.504 e. The normalized spacial score (nSPS) is 14.9. The highest BCUT2D eigenvalue weighted by atomic mass is 32.2. The molecule has 2 aliphatic rings. The Hall–Kier alpha value is -7.12. The number of benzene rings is 2. The molecule has 4 rings (SSSR count). The molecule has 0 spiro atoms. The Morgan fingerprint density at radius 3 is 1.56 bits per heavy atom. The molecule has 0 saturated carbocycles. The number of nitrogens with two attached hydrogens (primary N) is 5. The summed E-state index contributed by atoms with van der Waals surface area (Å²) in [5, 5.41) is 34.3. The van der Waals surface area contributed by atoms with E-state index in [0.29, 0.717) is 36.5 Å². The van der Waals surface area contributed by atoms with Gasteiger partial charge in [0.1, 0.15) is 18.7 Å². The summed E-state index contributed by atoms with van der Waals surface area (Å²) in [5.41, 5.74) is 25.8. The number of alkyl carbamates (subject to hydrolysis) is 1. The van der Waals surface area contributed by atoms with Crippen molar-refractivity contribution < 1.29 is 77.1 Å². The number of thioether (sulfide) groups is 2. The van der Waals surface area contributed by atoms with E-state index in [1.54, 1.807) is 11.0 Å². The highest BCUT2D eigenvalue weighted by Crippen LogP contribution is 2.33. The Balaban J connectivity index is 0.000000827. The largest absolute Gasteiger partial charge is 0.504 e. The lowest BCUT2D eigenvalue weighted by Gasteiger charge is -2.25. The van der Waals surface area contributed by atoms with Gasteiger partial charge in [-0.2, -0.15) is 0 Å². The van der Waals surface area contributed by atoms with E-state index in [4.69, 9.17) is 30.4 Å². The second kappa shape index (κ2) is 47.7. The number of rotatable bonds is 37. The van der Waals surface area contributed by atoms with Gasteiger partial charge in [0.2, 0.25) is 47.3 Å². The van der Waals surface area contributed by atoms with E-state index in [9.17, 15) is 58.2 Å². The summed E-state index contributed by atoms with van der Waals surface area (Å²) < 4.78 is 21.6. The number of carbonyl (C=O) groups excluding carboxylic acids is 10. The number of phenolic OH excluding ortho intramolecular Hbond substituents is 1. The number of aromatic hydroxyl groups is 1. The average Bonchev–Trinajstić information content (AvgIpc) is 1.51. The van der Waals surface area contributed by atoms with Crippen molar-refractivity contribution in [3.63, 3.8) is 0 Å². The average molecular weight is 1370 g/mol. The van der Waals surface area contributed by atoms with Crippen molar-refractivity contribution in [2.75, 3.05) is 131 Å². The lowest BCUT2D eigenvalue weighted by atomic mass is 10.1. The van der Waals surface area contributed by atoms with Crippen LogP contribution in [0.15, 0.2) is 36.4 Å². The summed E-state index contributed by atoms with van der Waals surface area (Å²) in [7, 11) is 5.75. The minimum atomic E-state index is -1.19. The van der Waals surface area contributed by atoms with Gasteiger partial charge in [-0.1, -0.05) is 46.8 Å². The van der Waals surface area contributed by atoms with Crippen LogP contribution in [-0.4, -0.2) is 249 Å². The molecule has 4 unspecified atom stereocenters. The molecule has 2 fully saturated rings. The van der Waals surface area contributed by atoms with Crippen molar-refractivity contribution in [3.05, 3.63) is 47.5 Å². The third-order valence-electron chi connectivity index (χ3n) is 14.2. The summed E-state index contributed by atoms with van der Waals surface area (Å²) in [6, 6.07) is 9.01. The van der Waals surface area contributed by atoms with Crippen LogP contribution >= 0.6 is 23.5 Å². The number of phenols is 1. The lowest BCUT2D eigenvalue weighted by molar-refractivity contribution is -0.140. The van der Waals surface area contributed by atoms with Crippen molar-refractivity contribution in [3.8, 4) is 23.0 Å². The van der Waals surface area contributed by atoms with Gasteiger partial charge in [0.15, 0.2) is 23.0 Å². The number of nitrogens with one attached hydrogen (secondary N) is 6. The monoisotopic (exact) mass is 1370 g/mol. The van der Waals surface area contributed by atoms with E-state index in [1.807, 2.05) is 6.92 Å². The van der Waals surface area contributed by atoms with Crippen molar-refractivity contribution >= 4 is 83.0 Å². The molecule has 0 bridgehead atoms. The number of carbonyl (C=O) groups is 10. The maximum absolute atomic E-state index is 13.0. The third kappa shape index (κ3) is 32.8. The smallest absolute Gasteiger partial charge is 0.415 e. The number of amides is 10. The van der Waals surface area contributed by atoms with Crippen molar-refractivity contribution in [2.24, 2.45) is 28.7 Å². The van der Waals surface area contributed by atoms with Crippen LogP contribution < -0.4 is 74.8 Å². The summed E-state index contributed by atoms with van der Waals surface area (Å²) >= 11 is 2.40. The van der Waals surface area contributed by atoms with E-state index in [2.05, 4.69) is 93.5 Å². The predicted molar refractivity (Wildman–Crippen MR) is 359 cm³/mol. The van der Waals surface area contributed by atoms with Gasteiger partial charge in [-0.25, -0.2) is 9.59 Å². The minimum absolute atomic E-state index is 0.00123. The number of likely N-dealkylation sites (N-methyl/N-ethyl adjacent to an activating group) is 4. The van der Waals surface area contributed by atoms with Crippen LogP contribution in [0.25, 0.3) is 0 Å². The molecule has 18 N–H and O–H groups in total. The van der Waals surface area contributed by atoms with Crippen molar-refractivity contribution in [1.29, 1.82) is 0 Å². The van der Waals surface area contributed by atoms with Gasteiger partial charge in [0.25, 0.3) is 0 Å². The zero-order chi connectivity index (χ0) is 70.9. The summed E-state index contributed by atoms with van der Waals surface area (Å²) in [6.45, 7) is 21.5. The molecule has 2 aliphatic heterocycles. The van der Waals surface area contributed by atoms with Gasteiger partial charge in [0.05, 0.1) is 37.4 Å². The van der Waals surface area contributed by atoms with Crippen LogP contribution in [0.2, 0.25) is 0 Å². The summed E-state index contributed by atoms with van der Waals surface area (Å²) in [4.78, 5) is 131. The Morgan fingerprint density at radius 1 is 0.628 bits per heavy atom. The van der Waals surface area contributed by atoms with E-state index in [-0.39, 0.29) is 135 Å². The van der Waals surface area contributed by atoms with Crippen LogP contribution in [0.3, 0.4) is 0 Å². The Kier molecular flexibility index (Phi) is 43.1. The predicted octanol–water partition coefficient (Wildman–Crippen LogP) is -0.650. The molecule has 532 valence electrons. The second-order valence-corrected chi connectivity index (χ2v) is 23.3. The number of aliphatic hydroxyl groups excluding tert-OH is 1. The molecule has 94 heavy (non-hydrogen) atoms. The first-order chi connectivity index (χ1) is 44.7. The Bertz CT molecular complexity index is 2680. The molecular formula is C60H104N16O16S2. The van der Waals surface area contributed by atoms with Crippen LogP contribution in [0, 0.1) is 0 Å². The Morgan fingerprint density at radius 2 is 1.11 bits per heavy atom. The fourth-order valence-corrected chi connectivity index (χ4v) is 10.9. The first-order valence-corrected chi connectivity index (χ1v) is 33.3. The molecule has 34 heteroatoms. The van der Waals surface area contributed by atoms with E-state index in [0.717, 1.165) is 36.0 Å². The number of likely N-dealkylation sites (tertiary alicyclic amines) is 2. The van der Waals surface area contributed by atoms with Crippen LogP contribution in [-0.2, 0) is 43.1 Å². The molecule has 2 saturated heterocycles. The van der Waals surface area contributed by atoms with E-state index >= 15 is 0 Å². The van der Waals surface area contributed by atoms with E-state index in [1.165, 1.54) is 102 Å². The van der Waals surface area contributed by atoms with Gasteiger partial charge in [-0.3, -0.25) is 64.9 Å². The molecule has 2 heterocycles. The van der Waals surface area contributed by atoms with Crippen LogP contribution in [0.5, 0.6) is 23.0 Å². The van der Waals surface area contributed by atoms with Gasteiger partial charge in [0, 0.05) is 116 Å². The molecule has 0 radical (unpaired) electrons. The highest BCUT2D eigenvalue weighted by Gasteiger charge is 2.40. The van der Waals surface area contributed by atoms with Crippen molar-refractivity contribution in [2.45, 2.75) is 115 Å². The fourth-order valence-electron chi connectivity index (χ4n) is 8.70. The quantitative estimate of drug-likeness (QED) is 0.0227. The molecule has 2 aromatic rings. The summed E-state index contributed by atoms with van der Waals surface area (Å²) in [6.07, 6.45) is -5.10. The topological polar surface area (TPSA) is 467 Å². The number of hydrogen-bond acceptors (Lipinski definition) is 26. The van der Waals surface area contributed by atoms with Gasteiger partial charge >= 0.3 is 12.2 Å². The van der Waals surface area contributed by atoms with Crippen molar-refractivity contribution in [1.82, 2.24) is 56.4 Å². The molecule has 32 nitrogen and oxygen atoms in total. The van der Waals surface area contributed by atoms with Crippen LogP contribution in [0.4, 0.5) is 9.59 Å².